The molecule has 0 amide bonds. The Hall–Kier alpha value is -0.970. The summed E-state index contributed by atoms with van der Waals surface area (Å²) < 4.78 is 13.0. The molecule has 2 atom stereocenters. The van der Waals surface area contributed by atoms with Gasteiger partial charge in [0.2, 0.25) is 0 Å². The number of aliphatic hydroxyl groups excluding tert-OH is 1. The second kappa shape index (κ2) is 7.87. The molecule has 0 unspecified atom stereocenters. The number of hydrogen-bond acceptors (Lipinski definition) is 3. The van der Waals surface area contributed by atoms with Crippen molar-refractivity contribution < 1.29 is 9.50 Å². The van der Waals surface area contributed by atoms with Gasteiger partial charge in [0.05, 0.1) is 6.61 Å². The van der Waals surface area contributed by atoms with Crippen LogP contribution in [0.4, 0.5) is 4.39 Å². The van der Waals surface area contributed by atoms with Gasteiger partial charge < -0.3 is 10.0 Å². The standard InChI is InChI=1S/C17H27FN2O/c1-3-17(13-21)20-10-8-19(9-11-20)12-14(2)15-4-6-16(18)7-5-15/h4-7,14,17,21H,3,8-13H2,1-2H3/t14-,17-/m0/s1. The van der Waals surface area contributed by atoms with E-state index in [-0.39, 0.29) is 12.4 Å². The molecular weight excluding hydrogens is 267 g/mol. The van der Waals surface area contributed by atoms with Gasteiger partial charge in [-0.15, -0.1) is 0 Å². The maximum atomic E-state index is 13.0. The average molecular weight is 294 g/mol. The van der Waals surface area contributed by atoms with Crippen molar-refractivity contribution in [3.63, 3.8) is 0 Å². The van der Waals surface area contributed by atoms with Crippen molar-refractivity contribution in [1.29, 1.82) is 0 Å². The molecule has 1 saturated heterocycles. The van der Waals surface area contributed by atoms with Gasteiger partial charge in [0.15, 0.2) is 0 Å². The van der Waals surface area contributed by atoms with Gasteiger partial charge in [-0.25, -0.2) is 4.39 Å². The van der Waals surface area contributed by atoms with Crippen LogP contribution in [0.2, 0.25) is 0 Å². The van der Waals surface area contributed by atoms with Crippen LogP contribution < -0.4 is 0 Å². The Kier molecular flexibility index (Phi) is 6.15. The summed E-state index contributed by atoms with van der Waals surface area (Å²) in [6, 6.07) is 7.15. The number of benzene rings is 1. The second-order valence-corrected chi connectivity index (χ2v) is 6.03. The topological polar surface area (TPSA) is 26.7 Å². The van der Waals surface area contributed by atoms with E-state index in [0.29, 0.717) is 12.0 Å². The average Bonchev–Trinajstić information content (AvgIpc) is 2.51. The highest BCUT2D eigenvalue weighted by atomic mass is 19.1. The normalized spacial score (nSPS) is 20.4. The molecule has 0 aromatic heterocycles. The molecule has 1 fully saturated rings. The lowest BCUT2D eigenvalue weighted by molar-refractivity contribution is 0.0618. The van der Waals surface area contributed by atoms with E-state index in [1.54, 1.807) is 0 Å². The Balaban J connectivity index is 1.81. The molecule has 0 spiro atoms. The van der Waals surface area contributed by atoms with Gasteiger partial charge in [-0.3, -0.25) is 4.90 Å². The predicted octanol–water partition coefficient (Wildman–Crippen LogP) is 2.32. The number of piperazine rings is 1. The molecule has 118 valence electrons. The van der Waals surface area contributed by atoms with Gasteiger partial charge in [-0.2, -0.15) is 0 Å². The summed E-state index contributed by atoms with van der Waals surface area (Å²) in [5, 5.41) is 9.37. The molecule has 0 bridgehead atoms. The van der Waals surface area contributed by atoms with Crippen LogP contribution in [-0.2, 0) is 0 Å². The van der Waals surface area contributed by atoms with Gasteiger partial charge in [-0.05, 0) is 30.0 Å². The van der Waals surface area contributed by atoms with Crippen LogP contribution in [0, 0.1) is 5.82 Å². The number of hydrogen-bond donors (Lipinski definition) is 1. The summed E-state index contributed by atoms with van der Waals surface area (Å²) in [7, 11) is 0. The van der Waals surface area contributed by atoms with E-state index in [1.165, 1.54) is 17.7 Å². The third-order valence-electron chi connectivity index (χ3n) is 4.58. The fraction of sp³-hybridized carbons (Fsp3) is 0.647. The first kappa shape index (κ1) is 16.4. The summed E-state index contributed by atoms with van der Waals surface area (Å²) in [5.74, 6) is 0.242. The van der Waals surface area contributed by atoms with Crippen molar-refractivity contribution >= 4 is 0 Å². The smallest absolute Gasteiger partial charge is 0.123 e. The monoisotopic (exact) mass is 294 g/mol. The van der Waals surface area contributed by atoms with Crippen molar-refractivity contribution in [3.8, 4) is 0 Å². The Morgan fingerprint density at radius 2 is 1.76 bits per heavy atom. The molecule has 21 heavy (non-hydrogen) atoms. The van der Waals surface area contributed by atoms with Crippen molar-refractivity contribution in [2.75, 3.05) is 39.3 Å². The lowest BCUT2D eigenvalue weighted by Crippen LogP contribution is -2.51. The molecule has 0 radical (unpaired) electrons. The molecule has 4 heteroatoms. The van der Waals surface area contributed by atoms with Crippen molar-refractivity contribution in [3.05, 3.63) is 35.6 Å². The van der Waals surface area contributed by atoms with E-state index in [0.717, 1.165) is 39.1 Å². The van der Waals surface area contributed by atoms with Crippen LogP contribution in [0.3, 0.4) is 0 Å². The zero-order chi connectivity index (χ0) is 15.2. The zero-order valence-corrected chi connectivity index (χ0v) is 13.1. The second-order valence-electron chi connectivity index (χ2n) is 6.03. The van der Waals surface area contributed by atoms with Gasteiger partial charge in [0, 0.05) is 38.8 Å². The zero-order valence-electron chi connectivity index (χ0n) is 13.1. The summed E-state index contributed by atoms with van der Waals surface area (Å²) in [6.45, 7) is 9.72. The minimum Gasteiger partial charge on any atom is -0.395 e. The van der Waals surface area contributed by atoms with E-state index in [2.05, 4.69) is 23.6 Å². The Labute approximate surface area is 127 Å². The highest BCUT2D eigenvalue weighted by Crippen LogP contribution is 2.18. The predicted molar refractivity (Wildman–Crippen MR) is 84.0 cm³/mol. The quantitative estimate of drug-likeness (QED) is 0.872. The van der Waals surface area contributed by atoms with E-state index in [1.807, 2.05) is 12.1 Å². The molecule has 1 N–H and O–H groups in total. The highest BCUT2D eigenvalue weighted by molar-refractivity contribution is 5.20. The van der Waals surface area contributed by atoms with Gasteiger partial charge in [-0.1, -0.05) is 26.0 Å². The molecule has 1 aromatic rings. The maximum Gasteiger partial charge on any atom is 0.123 e. The van der Waals surface area contributed by atoms with Gasteiger partial charge in [0.1, 0.15) is 5.82 Å². The summed E-state index contributed by atoms with van der Waals surface area (Å²) in [4.78, 5) is 4.85. The molecule has 0 aliphatic carbocycles. The van der Waals surface area contributed by atoms with Crippen molar-refractivity contribution in [2.24, 2.45) is 0 Å². The van der Waals surface area contributed by atoms with Crippen molar-refractivity contribution in [1.82, 2.24) is 9.80 Å². The summed E-state index contributed by atoms with van der Waals surface area (Å²) >= 11 is 0. The Morgan fingerprint density at radius 1 is 1.14 bits per heavy atom. The lowest BCUT2D eigenvalue weighted by Gasteiger charge is -2.39. The number of aliphatic hydroxyl groups is 1. The Morgan fingerprint density at radius 3 is 2.29 bits per heavy atom. The molecular formula is C17H27FN2O. The van der Waals surface area contributed by atoms with Gasteiger partial charge in [0.25, 0.3) is 0 Å². The molecule has 0 saturated carbocycles. The first-order valence-corrected chi connectivity index (χ1v) is 7.96. The lowest BCUT2D eigenvalue weighted by atomic mass is 10.00. The third kappa shape index (κ3) is 4.50. The molecule has 2 rings (SSSR count). The van der Waals surface area contributed by atoms with Crippen LogP contribution in [0.5, 0.6) is 0 Å². The molecule has 1 aliphatic heterocycles. The maximum absolute atomic E-state index is 13.0. The van der Waals surface area contributed by atoms with Crippen LogP contribution in [-0.4, -0.2) is 60.3 Å². The van der Waals surface area contributed by atoms with Crippen LogP contribution in [0.1, 0.15) is 31.7 Å². The van der Waals surface area contributed by atoms with Crippen LogP contribution in [0.25, 0.3) is 0 Å². The Bertz CT molecular complexity index is 411. The number of nitrogens with zero attached hydrogens (tertiary/aromatic N) is 2. The minimum absolute atomic E-state index is 0.172. The molecule has 1 aromatic carbocycles. The van der Waals surface area contributed by atoms with E-state index < -0.39 is 0 Å². The molecule has 1 heterocycles. The fourth-order valence-corrected chi connectivity index (χ4v) is 3.10. The first-order chi connectivity index (χ1) is 10.1. The molecule has 3 nitrogen and oxygen atoms in total. The van der Waals surface area contributed by atoms with E-state index >= 15 is 0 Å². The van der Waals surface area contributed by atoms with Crippen LogP contribution >= 0.6 is 0 Å². The number of halogens is 1. The largest absolute Gasteiger partial charge is 0.395 e. The van der Waals surface area contributed by atoms with E-state index in [9.17, 15) is 9.50 Å². The van der Waals surface area contributed by atoms with Crippen molar-refractivity contribution in [2.45, 2.75) is 32.2 Å². The minimum atomic E-state index is -0.172. The first-order valence-electron chi connectivity index (χ1n) is 7.96. The summed E-state index contributed by atoms with van der Waals surface area (Å²) in [5.41, 5.74) is 1.20. The number of rotatable bonds is 6. The van der Waals surface area contributed by atoms with Crippen LogP contribution in [0.15, 0.2) is 24.3 Å². The fourth-order valence-electron chi connectivity index (χ4n) is 3.10. The summed E-state index contributed by atoms with van der Waals surface area (Å²) in [6.07, 6.45) is 1.00. The highest BCUT2D eigenvalue weighted by Gasteiger charge is 2.23. The SMILES string of the molecule is CC[C@@H](CO)N1CCN(C[C@H](C)c2ccc(F)cc2)CC1. The molecule has 1 aliphatic rings. The van der Waals surface area contributed by atoms with E-state index in [4.69, 9.17) is 0 Å². The van der Waals surface area contributed by atoms with Gasteiger partial charge >= 0.3 is 0 Å². The third-order valence-corrected chi connectivity index (χ3v) is 4.58.